The quantitative estimate of drug-likeness (QED) is 0.826. The van der Waals surface area contributed by atoms with E-state index >= 15 is 0 Å². The molecule has 1 aliphatic carbocycles. The second-order valence-corrected chi connectivity index (χ2v) is 6.91. The summed E-state index contributed by atoms with van der Waals surface area (Å²) in [6.07, 6.45) is 3.70. The molecule has 100 valence electrons. The lowest BCUT2D eigenvalue weighted by molar-refractivity contribution is 0.537. The van der Waals surface area contributed by atoms with E-state index in [2.05, 4.69) is 62.1 Å². The normalized spacial score (nSPS) is 23.9. The van der Waals surface area contributed by atoms with Crippen LogP contribution < -0.4 is 5.32 Å². The maximum absolute atomic E-state index is 3.75. The van der Waals surface area contributed by atoms with Crippen LogP contribution in [-0.2, 0) is 6.42 Å². The molecule has 0 spiro atoms. The van der Waals surface area contributed by atoms with E-state index in [0.29, 0.717) is 11.3 Å². The molecule has 0 radical (unpaired) electrons. The van der Waals surface area contributed by atoms with Crippen LogP contribution in [0.3, 0.4) is 0 Å². The predicted molar refractivity (Wildman–Crippen MR) is 82.3 cm³/mol. The minimum atomic E-state index is 0.556. The third kappa shape index (κ3) is 3.10. The largest absolute Gasteiger partial charge is 0.309 e. The van der Waals surface area contributed by atoms with Gasteiger partial charge >= 0.3 is 0 Å². The average Bonchev–Trinajstić information content (AvgIpc) is 2.73. The molecule has 3 unspecified atom stereocenters. The summed E-state index contributed by atoms with van der Waals surface area (Å²) >= 11 is 2.16. The van der Waals surface area contributed by atoms with E-state index in [1.165, 1.54) is 24.8 Å². The third-order valence-corrected chi connectivity index (χ3v) is 5.37. The number of nitrogens with one attached hydrogen (secondary N) is 1. The van der Waals surface area contributed by atoms with E-state index in [1.807, 2.05) is 0 Å². The van der Waals surface area contributed by atoms with Gasteiger partial charge in [0.2, 0.25) is 0 Å². The van der Waals surface area contributed by atoms with Gasteiger partial charge in [-0.15, -0.1) is 0 Å². The summed E-state index contributed by atoms with van der Waals surface area (Å²) in [4.78, 5) is 0. The second kappa shape index (κ2) is 6.63. The first-order valence-electron chi connectivity index (χ1n) is 7.22. The van der Waals surface area contributed by atoms with E-state index in [-0.39, 0.29) is 0 Å². The van der Waals surface area contributed by atoms with E-state index in [0.717, 1.165) is 11.8 Å². The molecule has 1 aromatic rings. The molecule has 1 nitrogen and oxygen atoms in total. The van der Waals surface area contributed by atoms with Gasteiger partial charge in [-0.1, -0.05) is 45.0 Å². The fourth-order valence-corrected chi connectivity index (χ4v) is 4.09. The van der Waals surface area contributed by atoms with Crippen molar-refractivity contribution in [3.05, 3.63) is 35.4 Å². The van der Waals surface area contributed by atoms with Gasteiger partial charge < -0.3 is 5.32 Å². The smallest absolute Gasteiger partial charge is 0.0446 e. The number of thioether (sulfide) groups is 1. The summed E-state index contributed by atoms with van der Waals surface area (Å²) in [6.45, 7) is 8.00. The highest BCUT2D eigenvalue weighted by molar-refractivity contribution is 8.00. The first kappa shape index (κ1) is 14.0. The standard InChI is InChI=1S/C16H25NS/c1-4-10-17-16-14-9-7-6-8-13(14)11-15(16)18-12(3)5-2/h6-9,12,15-17H,4-5,10-11H2,1-3H3. The summed E-state index contributed by atoms with van der Waals surface area (Å²) in [5.41, 5.74) is 3.08. The van der Waals surface area contributed by atoms with Crippen molar-refractivity contribution in [2.75, 3.05) is 6.54 Å². The summed E-state index contributed by atoms with van der Waals surface area (Å²) in [6, 6.07) is 9.51. The highest BCUT2D eigenvalue weighted by Gasteiger charge is 2.32. The molecular formula is C16H25NS. The Hall–Kier alpha value is -0.470. The van der Waals surface area contributed by atoms with Crippen LogP contribution in [0.5, 0.6) is 0 Å². The number of hydrogen-bond acceptors (Lipinski definition) is 2. The highest BCUT2D eigenvalue weighted by Crippen LogP contribution is 2.40. The predicted octanol–water partition coefficient (Wildman–Crippen LogP) is 4.18. The number of rotatable bonds is 6. The van der Waals surface area contributed by atoms with Crippen LogP contribution in [0.25, 0.3) is 0 Å². The molecule has 0 heterocycles. The van der Waals surface area contributed by atoms with Crippen molar-refractivity contribution in [3.8, 4) is 0 Å². The van der Waals surface area contributed by atoms with Crippen LogP contribution in [-0.4, -0.2) is 17.0 Å². The molecule has 1 aromatic carbocycles. The van der Waals surface area contributed by atoms with E-state index in [9.17, 15) is 0 Å². The Kier molecular flexibility index (Phi) is 5.13. The number of benzene rings is 1. The Morgan fingerprint density at radius 3 is 2.83 bits per heavy atom. The van der Waals surface area contributed by atoms with Gasteiger partial charge in [-0.05, 0) is 36.9 Å². The fourth-order valence-electron chi connectivity index (χ4n) is 2.62. The molecule has 2 heteroatoms. The zero-order chi connectivity index (χ0) is 13.0. The molecule has 0 aliphatic heterocycles. The molecule has 0 aromatic heterocycles. The lowest BCUT2D eigenvalue weighted by Crippen LogP contribution is -2.28. The van der Waals surface area contributed by atoms with Crippen LogP contribution >= 0.6 is 11.8 Å². The Balaban J connectivity index is 2.11. The van der Waals surface area contributed by atoms with Gasteiger partial charge in [0.05, 0.1) is 0 Å². The lowest BCUT2D eigenvalue weighted by atomic mass is 10.1. The molecule has 1 N–H and O–H groups in total. The van der Waals surface area contributed by atoms with Crippen molar-refractivity contribution in [1.82, 2.24) is 5.32 Å². The van der Waals surface area contributed by atoms with Crippen molar-refractivity contribution < 1.29 is 0 Å². The first-order valence-corrected chi connectivity index (χ1v) is 8.17. The Bertz CT molecular complexity index is 377. The SMILES string of the molecule is CCCNC1c2ccccc2CC1SC(C)CC. The zero-order valence-electron chi connectivity index (χ0n) is 11.8. The molecular weight excluding hydrogens is 238 g/mol. The Labute approximate surface area is 116 Å². The van der Waals surface area contributed by atoms with Gasteiger partial charge in [-0.25, -0.2) is 0 Å². The molecule has 0 amide bonds. The molecule has 0 saturated carbocycles. The van der Waals surface area contributed by atoms with Crippen molar-refractivity contribution >= 4 is 11.8 Å². The van der Waals surface area contributed by atoms with E-state index < -0.39 is 0 Å². The van der Waals surface area contributed by atoms with Crippen LogP contribution in [0.4, 0.5) is 0 Å². The Morgan fingerprint density at radius 1 is 1.33 bits per heavy atom. The maximum Gasteiger partial charge on any atom is 0.0446 e. The van der Waals surface area contributed by atoms with Crippen molar-refractivity contribution in [3.63, 3.8) is 0 Å². The maximum atomic E-state index is 3.75. The van der Waals surface area contributed by atoms with E-state index in [1.54, 1.807) is 5.56 Å². The van der Waals surface area contributed by atoms with Crippen LogP contribution in [0.2, 0.25) is 0 Å². The number of fused-ring (bicyclic) bond motifs is 1. The van der Waals surface area contributed by atoms with Gasteiger partial charge in [0.1, 0.15) is 0 Å². The molecule has 2 rings (SSSR count). The van der Waals surface area contributed by atoms with Crippen LogP contribution in [0.1, 0.15) is 50.8 Å². The minimum absolute atomic E-state index is 0.556. The van der Waals surface area contributed by atoms with Crippen LogP contribution in [0.15, 0.2) is 24.3 Å². The van der Waals surface area contributed by atoms with E-state index in [4.69, 9.17) is 0 Å². The van der Waals surface area contributed by atoms with Crippen molar-refractivity contribution in [2.45, 2.75) is 56.6 Å². The van der Waals surface area contributed by atoms with Gasteiger partial charge in [0.25, 0.3) is 0 Å². The topological polar surface area (TPSA) is 12.0 Å². The zero-order valence-corrected chi connectivity index (χ0v) is 12.6. The van der Waals surface area contributed by atoms with Gasteiger partial charge in [0.15, 0.2) is 0 Å². The monoisotopic (exact) mass is 263 g/mol. The lowest BCUT2D eigenvalue weighted by Gasteiger charge is -2.24. The van der Waals surface area contributed by atoms with Crippen molar-refractivity contribution in [1.29, 1.82) is 0 Å². The molecule has 18 heavy (non-hydrogen) atoms. The third-order valence-electron chi connectivity index (χ3n) is 3.78. The second-order valence-electron chi connectivity index (χ2n) is 5.23. The average molecular weight is 263 g/mol. The molecule has 0 bridgehead atoms. The summed E-state index contributed by atoms with van der Waals surface area (Å²) in [5, 5.41) is 5.22. The molecule has 1 aliphatic rings. The summed E-state index contributed by atoms with van der Waals surface area (Å²) in [5.74, 6) is 0. The highest BCUT2D eigenvalue weighted by atomic mass is 32.2. The molecule has 0 saturated heterocycles. The summed E-state index contributed by atoms with van der Waals surface area (Å²) in [7, 11) is 0. The fraction of sp³-hybridized carbons (Fsp3) is 0.625. The van der Waals surface area contributed by atoms with Crippen molar-refractivity contribution in [2.24, 2.45) is 0 Å². The first-order chi connectivity index (χ1) is 8.76. The summed E-state index contributed by atoms with van der Waals surface area (Å²) < 4.78 is 0. The Morgan fingerprint density at radius 2 is 2.11 bits per heavy atom. The van der Waals surface area contributed by atoms with Gasteiger partial charge in [-0.2, -0.15) is 11.8 Å². The minimum Gasteiger partial charge on any atom is -0.309 e. The number of hydrogen-bond donors (Lipinski definition) is 1. The van der Waals surface area contributed by atoms with Gasteiger partial charge in [0, 0.05) is 16.5 Å². The molecule has 3 atom stereocenters. The van der Waals surface area contributed by atoms with Crippen LogP contribution in [0, 0.1) is 0 Å². The van der Waals surface area contributed by atoms with Gasteiger partial charge in [-0.3, -0.25) is 0 Å². The molecule has 0 fully saturated rings.